The molecule has 0 aliphatic heterocycles. The first-order chi connectivity index (χ1) is 13.5. The molecule has 162 valence electrons. The van der Waals surface area contributed by atoms with Gasteiger partial charge in [-0.2, -0.15) is 0 Å². The molecule has 0 radical (unpaired) electrons. The minimum absolute atomic E-state index is 0.0265. The fourth-order valence-corrected chi connectivity index (χ4v) is 8.95. The number of carbonyl (C=O) groups excluding carboxylic acids is 3. The van der Waals surface area contributed by atoms with Crippen LogP contribution in [0.3, 0.4) is 0 Å². The van der Waals surface area contributed by atoms with E-state index in [1.54, 1.807) is 0 Å². The Kier molecular flexibility index (Phi) is 5.30. The number of rotatable bonds is 3. The molecule has 4 fully saturated rings. The molecule has 4 rings (SSSR count). The van der Waals surface area contributed by atoms with Gasteiger partial charge in [0.25, 0.3) is 0 Å². The zero-order valence-electron chi connectivity index (χ0n) is 17.7. The van der Waals surface area contributed by atoms with E-state index in [-0.39, 0.29) is 22.6 Å². The van der Waals surface area contributed by atoms with Gasteiger partial charge >= 0.3 is 5.97 Å². The molecule has 5 nitrogen and oxygen atoms in total. The number of halogens is 1. The van der Waals surface area contributed by atoms with Gasteiger partial charge in [-0.1, -0.05) is 29.8 Å². The number of hydrogen-bond acceptors (Lipinski definition) is 5. The molecule has 0 bridgehead atoms. The number of hydrogen-bond donors (Lipinski definition) is 1. The molecular formula is C23H33BrO5. The quantitative estimate of drug-likeness (QED) is 0.502. The van der Waals surface area contributed by atoms with Crippen molar-refractivity contribution >= 4 is 33.5 Å². The molecule has 29 heavy (non-hydrogen) atoms. The first-order valence-corrected chi connectivity index (χ1v) is 12.0. The summed E-state index contributed by atoms with van der Waals surface area (Å²) in [4.78, 5) is 36.3. The summed E-state index contributed by atoms with van der Waals surface area (Å²) in [5, 5.41) is 11.5. The van der Waals surface area contributed by atoms with E-state index in [2.05, 4.69) is 29.8 Å². The van der Waals surface area contributed by atoms with E-state index in [9.17, 15) is 19.5 Å². The van der Waals surface area contributed by atoms with E-state index in [1.807, 2.05) is 0 Å². The number of carbonyl (C=O) groups is 3. The molecule has 4 saturated carbocycles. The minimum Gasteiger partial charge on any atom is -0.458 e. The van der Waals surface area contributed by atoms with Gasteiger partial charge in [-0.25, -0.2) is 0 Å². The van der Waals surface area contributed by atoms with Gasteiger partial charge in [-0.05, 0) is 74.0 Å². The lowest BCUT2D eigenvalue weighted by Gasteiger charge is -2.61. The standard InChI is InChI=1S/C23H33BrO5/c1-13(25)29-12-19(27)23(28)11-7-16-14-4-5-17-20(24)18(26)8-9-21(17,2)15(14)6-10-22(16,23)3/h14-17,20,28H,4-12H2,1-3H3. The third kappa shape index (κ3) is 2.99. The molecule has 4 aliphatic rings. The van der Waals surface area contributed by atoms with Crippen molar-refractivity contribution < 1.29 is 24.2 Å². The number of fused-ring (bicyclic) bond motifs is 5. The normalized spacial score (nSPS) is 49.0. The van der Waals surface area contributed by atoms with Crippen LogP contribution in [0.2, 0.25) is 0 Å². The van der Waals surface area contributed by atoms with E-state index in [0.29, 0.717) is 42.3 Å². The van der Waals surface area contributed by atoms with Gasteiger partial charge in [0.1, 0.15) is 11.4 Å². The van der Waals surface area contributed by atoms with Crippen LogP contribution in [0.25, 0.3) is 0 Å². The second kappa shape index (κ2) is 7.15. The van der Waals surface area contributed by atoms with Crippen molar-refractivity contribution in [2.45, 2.75) is 82.6 Å². The summed E-state index contributed by atoms with van der Waals surface area (Å²) in [6.45, 7) is 5.41. The molecule has 0 saturated heterocycles. The molecule has 0 aromatic carbocycles. The highest BCUT2D eigenvalue weighted by atomic mass is 79.9. The van der Waals surface area contributed by atoms with Crippen LogP contribution in [0.5, 0.6) is 0 Å². The largest absolute Gasteiger partial charge is 0.458 e. The molecule has 8 atom stereocenters. The van der Waals surface area contributed by atoms with Gasteiger partial charge in [0.05, 0.1) is 4.83 Å². The lowest BCUT2D eigenvalue weighted by molar-refractivity contribution is -0.175. The predicted octanol–water partition coefficient (Wildman–Crippen LogP) is 3.83. The molecule has 1 N–H and O–H groups in total. The third-order valence-electron chi connectivity index (χ3n) is 9.53. The molecule has 8 unspecified atom stereocenters. The van der Waals surface area contributed by atoms with Gasteiger partial charge in [-0.3, -0.25) is 14.4 Å². The Bertz CT molecular complexity index is 737. The van der Waals surface area contributed by atoms with Gasteiger partial charge in [0.2, 0.25) is 5.78 Å². The summed E-state index contributed by atoms with van der Waals surface area (Å²) >= 11 is 3.70. The maximum absolute atomic E-state index is 12.9. The Hall–Kier alpha value is -0.750. The first kappa shape index (κ1) is 21.5. The van der Waals surface area contributed by atoms with Crippen molar-refractivity contribution in [1.82, 2.24) is 0 Å². The molecule has 0 aromatic rings. The summed E-state index contributed by atoms with van der Waals surface area (Å²) in [7, 11) is 0. The average molecular weight is 469 g/mol. The molecule has 6 heteroatoms. The van der Waals surface area contributed by atoms with Crippen LogP contribution in [0.15, 0.2) is 0 Å². The summed E-state index contributed by atoms with van der Waals surface area (Å²) < 4.78 is 4.94. The maximum Gasteiger partial charge on any atom is 0.303 e. The number of esters is 1. The summed E-state index contributed by atoms with van der Waals surface area (Å²) in [5.41, 5.74) is -1.72. The van der Waals surface area contributed by atoms with E-state index in [1.165, 1.54) is 6.92 Å². The predicted molar refractivity (Wildman–Crippen MR) is 111 cm³/mol. The second-order valence-corrected chi connectivity index (χ2v) is 11.5. The van der Waals surface area contributed by atoms with Gasteiger partial charge in [-0.15, -0.1) is 0 Å². The molecule has 0 heterocycles. The van der Waals surface area contributed by atoms with Crippen LogP contribution in [-0.2, 0) is 19.1 Å². The average Bonchev–Trinajstić information content (AvgIpc) is 2.95. The van der Waals surface area contributed by atoms with Crippen molar-refractivity contribution in [3.63, 3.8) is 0 Å². The smallest absolute Gasteiger partial charge is 0.303 e. The van der Waals surface area contributed by atoms with E-state index in [4.69, 9.17) is 4.74 Å². The van der Waals surface area contributed by atoms with Crippen LogP contribution >= 0.6 is 15.9 Å². The highest BCUT2D eigenvalue weighted by Gasteiger charge is 2.67. The lowest BCUT2D eigenvalue weighted by Crippen LogP contribution is -2.60. The second-order valence-electron chi connectivity index (χ2n) is 10.5. The molecular weight excluding hydrogens is 436 g/mol. The number of aliphatic hydroxyl groups is 1. The van der Waals surface area contributed by atoms with E-state index in [0.717, 1.165) is 38.5 Å². The SMILES string of the molecule is CC(=O)OCC(=O)C1(O)CCC2C3CCC4C(Br)C(=O)CCC4(C)C3CCC21C. The number of ketones is 2. The van der Waals surface area contributed by atoms with Gasteiger partial charge < -0.3 is 9.84 Å². The fourth-order valence-electron chi connectivity index (χ4n) is 7.85. The maximum atomic E-state index is 12.9. The van der Waals surface area contributed by atoms with Gasteiger partial charge in [0.15, 0.2) is 6.61 Å². The van der Waals surface area contributed by atoms with Crippen LogP contribution in [-0.4, -0.2) is 39.7 Å². The van der Waals surface area contributed by atoms with Crippen molar-refractivity contribution in [3.05, 3.63) is 0 Å². The Morgan fingerprint density at radius 3 is 2.45 bits per heavy atom. The molecule has 0 aromatic heterocycles. The summed E-state index contributed by atoms with van der Waals surface area (Å²) in [6, 6.07) is 0. The number of alkyl halides is 1. The van der Waals surface area contributed by atoms with Crippen LogP contribution in [0.4, 0.5) is 0 Å². The van der Waals surface area contributed by atoms with Crippen LogP contribution in [0.1, 0.15) is 72.1 Å². The first-order valence-electron chi connectivity index (χ1n) is 11.1. The zero-order valence-corrected chi connectivity index (χ0v) is 19.3. The Balaban J connectivity index is 1.59. The molecule has 4 aliphatic carbocycles. The highest BCUT2D eigenvalue weighted by Crippen LogP contribution is 2.68. The van der Waals surface area contributed by atoms with E-state index < -0.39 is 17.0 Å². The Morgan fingerprint density at radius 1 is 1.07 bits per heavy atom. The van der Waals surface area contributed by atoms with Crippen LogP contribution < -0.4 is 0 Å². The minimum atomic E-state index is -1.41. The summed E-state index contributed by atoms with van der Waals surface area (Å²) in [5.74, 6) is 1.22. The third-order valence-corrected chi connectivity index (χ3v) is 10.7. The number of ether oxygens (including phenoxy) is 1. The molecule has 0 spiro atoms. The van der Waals surface area contributed by atoms with Crippen molar-refractivity contribution in [1.29, 1.82) is 0 Å². The Labute approximate surface area is 181 Å². The fraction of sp³-hybridized carbons (Fsp3) is 0.870. The van der Waals surface area contributed by atoms with Crippen molar-refractivity contribution in [3.8, 4) is 0 Å². The highest BCUT2D eigenvalue weighted by molar-refractivity contribution is 9.10. The van der Waals surface area contributed by atoms with E-state index >= 15 is 0 Å². The Morgan fingerprint density at radius 2 is 1.76 bits per heavy atom. The number of Topliss-reactive ketones (excluding diaryl/α,β-unsaturated/α-hetero) is 2. The van der Waals surface area contributed by atoms with Crippen molar-refractivity contribution in [2.75, 3.05) is 6.61 Å². The monoisotopic (exact) mass is 468 g/mol. The molecule has 0 amide bonds. The summed E-state index contributed by atoms with van der Waals surface area (Å²) in [6.07, 6.45) is 6.80. The zero-order chi connectivity index (χ0) is 21.2. The lowest BCUT2D eigenvalue weighted by atomic mass is 9.44. The van der Waals surface area contributed by atoms with Gasteiger partial charge in [0, 0.05) is 18.8 Å². The van der Waals surface area contributed by atoms with Crippen LogP contribution in [0, 0.1) is 34.5 Å². The topological polar surface area (TPSA) is 80.7 Å². The van der Waals surface area contributed by atoms with Crippen molar-refractivity contribution in [2.24, 2.45) is 34.5 Å².